The standard InChI is InChI=1S/C24H21NO5/c26-23(27)22(15-29-16-8-2-1-3-9-16)25-24(28)30-14-21-19-12-6-4-10-17(19)18-11-5-7-13-20(18)21/h1-13,21-22H,14-15H2,(H,25,28)(H,26,27)/t22-/m1/s1. The van der Waals surface area contributed by atoms with Crippen LogP contribution in [0.2, 0.25) is 0 Å². The van der Waals surface area contributed by atoms with E-state index in [-0.39, 0.29) is 19.1 Å². The number of alkyl carbamates (subject to hydrolysis) is 1. The van der Waals surface area contributed by atoms with Crippen LogP contribution in [0.5, 0.6) is 5.75 Å². The maximum absolute atomic E-state index is 12.3. The second kappa shape index (κ2) is 8.69. The van der Waals surface area contributed by atoms with Crippen molar-refractivity contribution >= 4 is 12.1 Å². The SMILES string of the molecule is O=C(N[C@H](COc1ccccc1)C(=O)O)OCC1c2ccccc2-c2ccccc21. The number of carboxylic acids is 1. The molecular formula is C24H21NO5. The summed E-state index contributed by atoms with van der Waals surface area (Å²) in [6.45, 7) is -0.0880. The molecule has 0 saturated carbocycles. The molecule has 6 nitrogen and oxygen atoms in total. The van der Waals surface area contributed by atoms with E-state index in [1.165, 1.54) is 0 Å². The first-order chi connectivity index (χ1) is 14.6. The Morgan fingerprint density at radius 2 is 1.43 bits per heavy atom. The molecule has 152 valence electrons. The molecule has 0 bridgehead atoms. The highest BCUT2D eigenvalue weighted by molar-refractivity contribution is 5.81. The van der Waals surface area contributed by atoms with Crippen LogP contribution < -0.4 is 10.1 Å². The lowest BCUT2D eigenvalue weighted by atomic mass is 9.98. The van der Waals surface area contributed by atoms with Crippen molar-refractivity contribution < 1.29 is 24.2 Å². The molecule has 1 aliphatic rings. The number of hydrogen-bond acceptors (Lipinski definition) is 4. The van der Waals surface area contributed by atoms with Gasteiger partial charge in [0.05, 0.1) is 0 Å². The van der Waals surface area contributed by atoms with Gasteiger partial charge in [0.25, 0.3) is 0 Å². The lowest BCUT2D eigenvalue weighted by molar-refractivity contribution is -0.140. The van der Waals surface area contributed by atoms with Gasteiger partial charge >= 0.3 is 12.1 Å². The molecule has 3 aromatic carbocycles. The fourth-order valence-corrected chi connectivity index (χ4v) is 3.65. The number of fused-ring (bicyclic) bond motifs is 3. The van der Waals surface area contributed by atoms with Gasteiger partial charge in [-0.2, -0.15) is 0 Å². The minimum absolute atomic E-state index is 0.0907. The largest absolute Gasteiger partial charge is 0.491 e. The van der Waals surface area contributed by atoms with Gasteiger partial charge in [0.2, 0.25) is 0 Å². The van der Waals surface area contributed by atoms with Gasteiger partial charge < -0.3 is 19.9 Å². The zero-order valence-corrected chi connectivity index (χ0v) is 16.2. The van der Waals surface area contributed by atoms with Gasteiger partial charge in [-0.3, -0.25) is 0 Å². The third-order valence-electron chi connectivity index (χ3n) is 5.09. The number of hydrogen-bond donors (Lipinski definition) is 2. The molecule has 0 unspecified atom stereocenters. The number of para-hydroxylation sites is 1. The van der Waals surface area contributed by atoms with E-state index in [0.717, 1.165) is 22.3 Å². The van der Waals surface area contributed by atoms with Crippen LogP contribution in [0.3, 0.4) is 0 Å². The Hall–Kier alpha value is -3.80. The molecule has 3 aromatic rings. The van der Waals surface area contributed by atoms with Crippen molar-refractivity contribution in [2.45, 2.75) is 12.0 Å². The molecule has 0 radical (unpaired) electrons. The Kier molecular flexibility index (Phi) is 5.66. The minimum Gasteiger partial charge on any atom is -0.491 e. The lowest BCUT2D eigenvalue weighted by Crippen LogP contribution is -2.45. The first kappa shape index (κ1) is 19.5. The molecule has 2 N–H and O–H groups in total. The predicted octanol–water partition coefficient (Wildman–Crippen LogP) is 4.06. The topological polar surface area (TPSA) is 84.9 Å². The van der Waals surface area contributed by atoms with Crippen LogP contribution in [0.4, 0.5) is 4.79 Å². The monoisotopic (exact) mass is 403 g/mol. The molecule has 0 aliphatic heterocycles. The van der Waals surface area contributed by atoms with Gasteiger partial charge in [0.1, 0.15) is 19.0 Å². The zero-order valence-electron chi connectivity index (χ0n) is 16.2. The number of amides is 1. The average Bonchev–Trinajstić information content (AvgIpc) is 3.09. The van der Waals surface area contributed by atoms with Crippen molar-refractivity contribution in [2.24, 2.45) is 0 Å². The van der Waals surface area contributed by atoms with Crippen molar-refractivity contribution in [1.82, 2.24) is 5.32 Å². The quantitative estimate of drug-likeness (QED) is 0.622. The molecule has 30 heavy (non-hydrogen) atoms. The number of carboxylic acid groups (broad SMARTS) is 1. The van der Waals surface area contributed by atoms with E-state index in [4.69, 9.17) is 9.47 Å². The fraction of sp³-hybridized carbons (Fsp3) is 0.167. The molecular weight excluding hydrogens is 382 g/mol. The van der Waals surface area contributed by atoms with Crippen molar-refractivity contribution in [1.29, 1.82) is 0 Å². The number of aliphatic carboxylic acids is 1. The summed E-state index contributed by atoms with van der Waals surface area (Å²) < 4.78 is 10.9. The molecule has 6 heteroatoms. The van der Waals surface area contributed by atoms with E-state index in [2.05, 4.69) is 17.4 Å². The van der Waals surface area contributed by atoms with Crippen LogP contribution in [0, 0.1) is 0 Å². The molecule has 0 heterocycles. The third-order valence-corrected chi connectivity index (χ3v) is 5.09. The van der Waals surface area contributed by atoms with Gasteiger partial charge in [-0.25, -0.2) is 9.59 Å². The van der Waals surface area contributed by atoms with E-state index in [0.29, 0.717) is 5.75 Å². The molecule has 1 atom stereocenters. The summed E-state index contributed by atoms with van der Waals surface area (Å²) in [4.78, 5) is 23.8. The maximum atomic E-state index is 12.3. The van der Waals surface area contributed by atoms with Gasteiger partial charge in [-0.05, 0) is 34.4 Å². The van der Waals surface area contributed by atoms with Gasteiger partial charge in [-0.15, -0.1) is 0 Å². The van der Waals surface area contributed by atoms with Crippen molar-refractivity contribution in [3.05, 3.63) is 90.0 Å². The number of ether oxygens (including phenoxy) is 2. The van der Waals surface area contributed by atoms with Crippen LogP contribution in [-0.2, 0) is 9.53 Å². The summed E-state index contributed by atoms with van der Waals surface area (Å²) in [5.41, 5.74) is 4.44. The van der Waals surface area contributed by atoms with E-state index in [1.54, 1.807) is 24.3 Å². The summed E-state index contributed by atoms with van der Waals surface area (Å²) in [7, 11) is 0. The molecule has 1 aliphatic carbocycles. The first-order valence-electron chi connectivity index (χ1n) is 9.65. The molecule has 0 aromatic heterocycles. The smallest absolute Gasteiger partial charge is 0.407 e. The van der Waals surface area contributed by atoms with Crippen molar-refractivity contribution in [2.75, 3.05) is 13.2 Å². The number of carbonyl (C=O) groups excluding carboxylic acids is 1. The van der Waals surface area contributed by atoms with Crippen molar-refractivity contribution in [3.8, 4) is 16.9 Å². The predicted molar refractivity (Wildman–Crippen MR) is 112 cm³/mol. The summed E-state index contributed by atoms with van der Waals surface area (Å²) in [5.74, 6) is -0.760. The lowest BCUT2D eigenvalue weighted by Gasteiger charge is -2.18. The fourth-order valence-electron chi connectivity index (χ4n) is 3.65. The number of benzene rings is 3. The molecule has 4 rings (SSSR count). The molecule has 1 amide bonds. The van der Waals surface area contributed by atoms with E-state index < -0.39 is 18.1 Å². The van der Waals surface area contributed by atoms with Crippen LogP contribution in [0.1, 0.15) is 17.0 Å². The molecule has 0 spiro atoms. The number of rotatable bonds is 7. The van der Waals surface area contributed by atoms with Crippen LogP contribution in [0.15, 0.2) is 78.9 Å². The first-order valence-corrected chi connectivity index (χ1v) is 9.65. The minimum atomic E-state index is -1.22. The Labute approximate surface area is 174 Å². The zero-order chi connectivity index (χ0) is 20.9. The number of nitrogens with one attached hydrogen (secondary N) is 1. The van der Waals surface area contributed by atoms with Gasteiger partial charge in [0.15, 0.2) is 6.04 Å². The van der Waals surface area contributed by atoms with Crippen LogP contribution >= 0.6 is 0 Å². The second-order valence-corrected chi connectivity index (χ2v) is 6.98. The second-order valence-electron chi connectivity index (χ2n) is 6.98. The molecule has 0 saturated heterocycles. The van der Waals surface area contributed by atoms with E-state index >= 15 is 0 Å². The Bertz CT molecular complexity index is 1000. The summed E-state index contributed by atoms with van der Waals surface area (Å²) in [5, 5.41) is 11.8. The average molecular weight is 403 g/mol. The van der Waals surface area contributed by atoms with E-state index in [1.807, 2.05) is 42.5 Å². The summed E-state index contributed by atoms with van der Waals surface area (Å²) in [6, 6.07) is 23.6. The Morgan fingerprint density at radius 3 is 2.03 bits per heavy atom. The van der Waals surface area contributed by atoms with Crippen LogP contribution in [-0.4, -0.2) is 36.4 Å². The normalized spacial score (nSPS) is 13.1. The van der Waals surface area contributed by atoms with Gasteiger partial charge in [-0.1, -0.05) is 66.7 Å². The third kappa shape index (κ3) is 4.12. The summed E-state index contributed by atoms with van der Waals surface area (Å²) >= 11 is 0. The van der Waals surface area contributed by atoms with Gasteiger partial charge in [0, 0.05) is 5.92 Å². The highest BCUT2D eigenvalue weighted by Gasteiger charge is 2.29. The highest BCUT2D eigenvalue weighted by Crippen LogP contribution is 2.44. The van der Waals surface area contributed by atoms with Crippen LogP contribution in [0.25, 0.3) is 11.1 Å². The highest BCUT2D eigenvalue weighted by atomic mass is 16.5. The van der Waals surface area contributed by atoms with Crippen molar-refractivity contribution in [3.63, 3.8) is 0 Å². The number of carbonyl (C=O) groups is 2. The summed E-state index contributed by atoms with van der Waals surface area (Å²) in [6.07, 6.45) is -0.791. The Morgan fingerprint density at radius 1 is 0.867 bits per heavy atom. The Balaban J connectivity index is 1.38. The maximum Gasteiger partial charge on any atom is 0.407 e. The molecule has 0 fully saturated rings. The van der Waals surface area contributed by atoms with E-state index in [9.17, 15) is 14.7 Å².